The summed E-state index contributed by atoms with van der Waals surface area (Å²) in [6.45, 7) is 1.14. The van der Waals surface area contributed by atoms with E-state index in [-0.39, 0.29) is 16.3 Å². The number of pyridine rings is 1. The molecule has 1 aromatic heterocycles. The second kappa shape index (κ2) is 7.90. The lowest BCUT2D eigenvalue weighted by Gasteiger charge is -2.10. The van der Waals surface area contributed by atoms with Crippen LogP contribution in [0.3, 0.4) is 0 Å². The van der Waals surface area contributed by atoms with Crippen molar-refractivity contribution in [2.24, 2.45) is 0 Å². The molecule has 0 aliphatic carbocycles. The molecular formula is C19H13Cl2FN2O3. The van der Waals surface area contributed by atoms with Crippen LogP contribution in [0.25, 0.3) is 10.9 Å². The summed E-state index contributed by atoms with van der Waals surface area (Å²) in [5, 5.41) is 3.69. The monoisotopic (exact) mass is 406 g/mol. The van der Waals surface area contributed by atoms with Gasteiger partial charge >= 0.3 is 5.97 Å². The van der Waals surface area contributed by atoms with Gasteiger partial charge in [-0.3, -0.25) is 9.78 Å². The van der Waals surface area contributed by atoms with Gasteiger partial charge in [-0.15, -0.1) is 0 Å². The van der Waals surface area contributed by atoms with Crippen molar-refractivity contribution in [1.82, 2.24) is 4.98 Å². The zero-order valence-corrected chi connectivity index (χ0v) is 15.6. The first-order valence-corrected chi connectivity index (χ1v) is 8.58. The molecule has 0 bridgehead atoms. The largest absolute Gasteiger partial charge is 0.452 e. The van der Waals surface area contributed by atoms with Crippen LogP contribution in [0.1, 0.15) is 16.1 Å². The number of aromatic nitrogens is 1. The van der Waals surface area contributed by atoms with E-state index in [1.165, 1.54) is 6.07 Å². The molecule has 5 nitrogen and oxygen atoms in total. The van der Waals surface area contributed by atoms with Crippen molar-refractivity contribution in [3.05, 3.63) is 69.6 Å². The van der Waals surface area contributed by atoms with Crippen LogP contribution in [0.5, 0.6) is 0 Å². The molecule has 0 spiro atoms. The van der Waals surface area contributed by atoms with Crippen molar-refractivity contribution in [3.63, 3.8) is 0 Å². The number of amides is 1. The van der Waals surface area contributed by atoms with Gasteiger partial charge in [-0.05, 0) is 49.4 Å². The van der Waals surface area contributed by atoms with Gasteiger partial charge < -0.3 is 10.1 Å². The van der Waals surface area contributed by atoms with E-state index in [0.717, 1.165) is 12.1 Å². The van der Waals surface area contributed by atoms with Crippen LogP contribution < -0.4 is 5.32 Å². The normalized spacial score (nSPS) is 10.7. The average molecular weight is 407 g/mol. The highest BCUT2D eigenvalue weighted by Crippen LogP contribution is 2.23. The number of anilines is 1. The number of nitrogens with one attached hydrogen (secondary N) is 1. The van der Waals surface area contributed by atoms with E-state index >= 15 is 0 Å². The third-order valence-electron chi connectivity index (χ3n) is 3.73. The molecule has 0 aliphatic rings. The van der Waals surface area contributed by atoms with Gasteiger partial charge in [0.25, 0.3) is 5.91 Å². The zero-order valence-electron chi connectivity index (χ0n) is 14.1. The van der Waals surface area contributed by atoms with E-state index in [9.17, 15) is 14.0 Å². The SMILES string of the molecule is Cc1nc2ccc(Cl)cc2cc1C(=O)OCC(=O)Nc1ccc(F)cc1Cl. The fraction of sp³-hybridized carbons (Fsp3) is 0.105. The van der Waals surface area contributed by atoms with Crippen LogP contribution in [0.4, 0.5) is 10.1 Å². The maximum Gasteiger partial charge on any atom is 0.340 e. The maximum atomic E-state index is 13.0. The lowest BCUT2D eigenvalue weighted by Crippen LogP contribution is -2.21. The molecule has 8 heteroatoms. The van der Waals surface area contributed by atoms with E-state index in [1.54, 1.807) is 31.2 Å². The van der Waals surface area contributed by atoms with Crippen molar-refractivity contribution in [3.8, 4) is 0 Å². The zero-order chi connectivity index (χ0) is 19.6. The minimum absolute atomic E-state index is 0.0427. The number of hydrogen-bond acceptors (Lipinski definition) is 4. The predicted octanol–water partition coefficient (Wildman–Crippen LogP) is 4.78. The minimum Gasteiger partial charge on any atom is -0.452 e. The average Bonchev–Trinajstić information content (AvgIpc) is 2.62. The van der Waals surface area contributed by atoms with Crippen LogP contribution in [-0.2, 0) is 9.53 Å². The lowest BCUT2D eigenvalue weighted by molar-refractivity contribution is -0.119. The maximum absolute atomic E-state index is 13.0. The summed E-state index contributed by atoms with van der Waals surface area (Å²) in [6, 6.07) is 10.3. The van der Waals surface area contributed by atoms with Gasteiger partial charge in [0.2, 0.25) is 0 Å². The van der Waals surface area contributed by atoms with Crippen molar-refractivity contribution >= 4 is 51.7 Å². The summed E-state index contributed by atoms with van der Waals surface area (Å²) in [5.74, 6) is -1.82. The fourth-order valence-corrected chi connectivity index (χ4v) is 2.83. The van der Waals surface area contributed by atoms with Crippen molar-refractivity contribution < 1.29 is 18.7 Å². The van der Waals surface area contributed by atoms with Crippen molar-refractivity contribution in [1.29, 1.82) is 0 Å². The van der Waals surface area contributed by atoms with Gasteiger partial charge in [0.05, 0.1) is 27.5 Å². The van der Waals surface area contributed by atoms with Crippen LogP contribution in [-0.4, -0.2) is 23.5 Å². The van der Waals surface area contributed by atoms with Crippen LogP contribution in [0, 0.1) is 12.7 Å². The Morgan fingerprint density at radius 3 is 2.67 bits per heavy atom. The molecule has 0 atom stereocenters. The number of nitrogens with zero attached hydrogens (tertiary/aromatic N) is 1. The number of carbonyl (C=O) groups excluding carboxylic acids is 2. The fourth-order valence-electron chi connectivity index (χ4n) is 2.44. The van der Waals surface area contributed by atoms with E-state index in [1.807, 2.05) is 0 Å². The standard InChI is InChI=1S/C19H13Cl2FN2O3/c1-10-14(7-11-6-12(20)2-4-16(11)23-10)19(26)27-9-18(25)24-17-5-3-13(22)8-15(17)21/h2-8H,9H2,1H3,(H,24,25). The Balaban J connectivity index is 1.69. The van der Waals surface area contributed by atoms with Crippen LogP contribution in [0.2, 0.25) is 10.0 Å². The Morgan fingerprint density at radius 2 is 1.93 bits per heavy atom. The van der Waals surface area contributed by atoms with Gasteiger partial charge in [-0.1, -0.05) is 23.2 Å². The number of aryl methyl sites for hydroxylation is 1. The van der Waals surface area contributed by atoms with Gasteiger partial charge in [0, 0.05) is 10.4 Å². The summed E-state index contributed by atoms with van der Waals surface area (Å²) in [6.07, 6.45) is 0. The Labute approximate surface area is 164 Å². The molecule has 3 aromatic rings. The molecule has 138 valence electrons. The number of fused-ring (bicyclic) bond motifs is 1. The second-order valence-corrected chi connectivity index (χ2v) is 6.55. The molecule has 3 rings (SSSR count). The number of rotatable bonds is 4. The first kappa shape index (κ1) is 19.1. The summed E-state index contributed by atoms with van der Waals surface area (Å²) >= 11 is 11.8. The van der Waals surface area contributed by atoms with Crippen LogP contribution in [0.15, 0.2) is 42.5 Å². The Morgan fingerprint density at radius 1 is 1.15 bits per heavy atom. The summed E-state index contributed by atoms with van der Waals surface area (Å²) in [4.78, 5) is 28.6. The molecule has 0 radical (unpaired) electrons. The predicted molar refractivity (Wildman–Crippen MR) is 102 cm³/mol. The minimum atomic E-state index is -0.692. The Kier molecular flexibility index (Phi) is 5.58. The first-order chi connectivity index (χ1) is 12.8. The summed E-state index contributed by atoms with van der Waals surface area (Å²) in [5.41, 5.74) is 1.61. The molecule has 1 heterocycles. The summed E-state index contributed by atoms with van der Waals surface area (Å²) in [7, 11) is 0. The third-order valence-corrected chi connectivity index (χ3v) is 4.27. The number of benzene rings is 2. The highest BCUT2D eigenvalue weighted by Gasteiger charge is 2.16. The lowest BCUT2D eigenvalue weighted by atomic mass is 10.1. The summed E-state index contributed by atoms with van der Waals surface area (Å²) < 4.78 is 18.1. The van der Waals surface area contributed by atoms with Gasteiger partial charge in [0.1, 0.15) is 5.82 Å². The third kappa shape index (κ3) is 4.53. The molecule has 0 saturated heterocycles. The Bertz CT molecular complexity index is 1060. The molecule has 0 unspecified atom stereocenters. The highest BCUT2D eigenvalue weighted by molar-refractivity contribution is 6.33. The van der Waals surface area contributed by atoms with E-state index in [2.05, 4.69) is 10.3 Å². The molecule has 27 heavy (non-hydrogen) atoms. The molecule has 2 aromatic carbocycles. The molecule has 0 saturated carbocycles. The number of ether oxygens (including phenoxy) is 1. The van der Waals surface area contributed by atoms with E-state index in [0.29, 0.717) is 21.6 Å². The first-order valence-electron chi connectivity index (χ1n) is 7.82. The van der Waals surface area contributed by atoms with Crippen molar-refractivity contribution in [2.75, 3.05) is 11.9 Å². The number of carbonyl (C=O) groups is 2. The van der Waals surface area contributed by atoms with Crippen molar-refractivity contribution in [2.45, 2.75) is 6.92 Å². The molecule has 0 aliphatic heterocycles. The second-order valence-electron chi connectivity index (χ2n) is 5.71. The number of hydrogen-bond donors (Lipinski definition) is 1. The van der Waals surface area contributed by atoms with Gasteiger partial charge in [-0.2, -0.15) is 0 Å². The van der Waals surface area contributed by atoms with Crippen LogP contribution >= 0.6 is 23.2 Å². The molecule has 1 amide bonds. The molecule has 0 fully saturated rings. The molecule has 1 N–H and O–H groups in total. The highest BCUT2D eigenvalue weighted by atomic mass is 35.5. The topological polar surface area (TPSA) is 68.3 Å². The molecular weight excluding hydrogens is 394 g/mol. The Hall–Kier alpha value is -2.70. The van der Waals surface area contributed by atoms with E-state index in [4.69, 9.17) is 27.9 Å². The quantitative estimate of drug-likeness (QED) is 0.632. The smallest absolute Gasteiger partial charge is 0.340 e. The number of esters is 1. The number of halogens is 3. The van der Waals surface area contributed by atoms with Gasteiger partial charge in [0.15, 0.2) is 6.61 Å². The van der Waals surface area contributed by atoms with Gasteiger partial charge in [-0.25, -0.2) is 9.18 Å². The van der Waals surface area contributed by atoms with E-state index < -0.39 is 24.3 Å².